The fraction of sp³-hybridized carbons (Fsp3) is 0.250. The number of methoxy groups -OCH3 is 2. The van der Waals surface area contributed by atoms with Gasteiger partial charge in [0.1, 0.15) is 17.3 Å². The van der Waals surface area contributed by atoms with E-state index < -0.39 is 0 Å². The molecule has 100 valence electrons. The molecule has 2 rings (SSSR count). The fourth-order valence-corrected chi connectivity index (χ4v) is 1.51. The molecule has 7 heteroatoms. The molecule has 1 aromatic heterocycles. The van der Waals surface area contributed by atoms with Crippen LogP contribution >= 0.6 is 0 Å². The van der Waals surface area contributed by atoms with Gasteiger partial charge in [-0.05, 0) is 19.1 Å². The summed E-state index contributed by atoms with van der Waals surface area (Å²) in [6, 6.07) is 4.91. The van der Waals surface area contributed by atoms with Gasteiger partial charge in [0.25, 0.3) is 5.91 Å². The van der Waals surface area contributed by atoms with Crippen molar-refractivity contribution in [3.05, 3.63) is 29.6 Å². The minimum atomic E-state index is -0.337. The highest BCUT2D eigenvalue weighted by atomic mass is 16.5. The molecule has 0 bridgehead atoms. The van der Waals surface area contributed by atoms with E-state index in [0.717, 1.165) is 0 Å². The van der Waals surface area contributed by atoms with E-state index in [-0.39, 0.29) is 11.9 Å². The van der Waals surface area contributed by atoms with Crippen LogP contribution in [0.3, 0.4) is 0 Å². The average molecular weight is 262 g/mol. The summed E-state index contributed by atoms with van der Waals surface area (Å²) < 4.78 is 10.2. The smallest absolute Gasteiger partial charge is 0.258 e. The van der Waals surface area contributed by atoms with Gasteiger partial charge in [0.2, 0.25) is 5.95 Å². The van der Waals surface area contributed by atoms with Crippen LogP contribution in [0.1, 0.15) is 16.2 Å². The molecule has 0 saturated heterocycles. The predicted octanol–water partition coefficient (Wildman–Crippen LogP) is 1.38. The lowest BCUT2D eigenvalue weighted by Crippen LogP contribution is -2.13. The van der Waals surface area contributed by atoms with Crippen molar-refractivity contribution in [1.29, 1.82) is 0 Å². The van der Waals surface area contributed by atoms with Crippen molar-refractivity contribution in [2.75, 3.05) is 19.5 Å². The Bertz CT molecular complexity index is 572. The first-order chi connectivity index (χ1) is 9.12. The van der Waals surface area contributed by atoms with Gasteiger partial charge in [-0.15, -0.1) is 5.10 Å². The SMILES string of the molecule is COc1cc(OC)cc(C(=O)Nc2n[nH]c(C)n2)c1. The van der Waals surface area contributed by atoms with Crippen molar-refractivity contribution in [2.45, 2.75) is 6.92 Å². The molecular weight excluding hydrogens is 248 g/mol. The highest BCUT2D eigenvalue weighted by Crippen LogP contribution is 2.22. The van der Waals surface area contributed by atoms with Crippen LogP contribution < -0.4 is 14.8 Å². The summed E-state index contributed by atoms with van der Waals surface area (Å²) in [4.78, 5) is 16.0. The van der Waals surface area contributed by atoms with Gasteiger partial charge in [-0.2, -0.15) is 4.98 Å². The fourth-order valence-electron chi connectivity index (χ4n) is 1.51. The molecule has 7 nitrogen and oxygen atoms in total. The molecule has 0 atom stereocenters. The maximum Gasteiger partial charge on any atom is 0.258 e. The van der Waals surface area contributed by atoms with Crippen LogP contribution in [0.15, 0.2) is 18.2 Å². The second-order valence-electron chi connectivity index (χ2n) is 3.80. The first kappa shape index (κ1) is 12.9. The number of amides is 1. The van der Waals surface area contributed by atoms with Crippen LogP contribution in [0.25, 0.3) is 0 Å². The second kappa shape index (κ2) is 5.38. The van der Waals surface area contributed by atoms with Gasteiger partial charge in [-0.25, -0.2) is 0 Å². The third kappa shape index (κ3) is 3.01. The van der Waals surface area contributed by atoms with E-state index in [1.807, 2.05) is 0 Å². The summed E-state index contributed by atoms with van der Waals surface area (Å²) in [7, 11) is 3.05. The molecule has 0 aliphatic carbocycles. The van der Waals surface area contributed by atoms with Gasteiger partial charge in [-0.3, -0.25) is 15.2 Å². The first-order valence-corrected chi connectivity index (χ1v) is 5.56. The van der Waals surface area contributed by atoms with E-state index in [1.54, 1.807) is 25.1 Å². The molecule has 2 N–H and O–H groups in total. The van der Waals surface area contributed by atoms with Gasteiger partial charge >= 0.3 is 0 Å². The van der Waals surface area contributed by atoms with Crippen LogP contribution in [-0.4, -0.2) is 35.3 Å². The number of nitrogens with zero attached hydrogens (tertiary/aromatic N) is 2. The average Bonchev–Trinajstić information content (AvgIpc) is 2.83. The Morgan fingerprint density at radius 3 is 2.32 bits per heavy atom. The number of ether oxygens (including phenoxy) is 2. The number of aromatic amines is 1. The molecule has 1 heterocycles. The number of benzene rings is 1. The third-order valence-corrected chi connectivity index (χ3v) is 2.44. The topological polar surface area (TPSA) is 89.1 Å². The maximum atomic E-state index is 12.0. The highest BCUT2D eigenvalue weighted by Gasteiger charge is 2.12. The largest absolute Gasteiger partial charge is 0.497 e. The Morgan fingerprint density at radius 2 is 1.84 bits per heavy atom. The summed E-state index contributed by atoms with van der Waals surface area (Å²) in [6.45, 7) is 1.75. The number of carbonyl (C=O) groups excluding carboxylic acids is 1. The van der Waals surface area contributed by atoms with Crippen molar-refractivity contribution >= 4 is 11.9 Å². The van der Waals surface area contributed by atoms with Crippen molar-refractivity contribution in [3.63, 3.8) is 0 Å². The number of anilines is 1. The van der Waals surface area contributed by atoms with Crippen LogP contribution in [0.4, 0.5) is 5.95 Å². The number of aromatic nitrogens is 3. The Labute approximate surface area is 110 Å². The molecular formula is C12H14N4O3. The quantitative estimate of drug-likeness (QED) is 0.869. The van der Waals surface area contributed by atoms with E-state index in [4.69, 9.17) is 9.47 Å². The summed E-state index contributed by atoms with van der Waals surface area (Å²) >= 11 is 0. The summed E-state index contributed by atoms with van der Waals surface area (Å²) in [5.74, 6) is 1.59. The number of aryl methyl sites for hydroxylation is 1. The minimum absolute atomic E-state index is 0.226. The zero-order valence-electron chi connectivity index (χ0n) is 10.9. The Hall–Kier alpha value is -2.57. The zero-order chi connectivity index (χ0) is 13.8. The number of H-pyrrole nitrogens is 1. The van der Waals surface area contributed by atoms with Gasteiger partial charge < -0.3 is 9.47 Å². The third-order valence-electron chi connectivity index (χ3n) is 2.44. The lowest BCUT2D eigenvalue weighted by atomic mass is 10.2. The number of carbonyl (C=O) groups is 1. The molecule has 0 aliphatic rings. The monoisotopic (exact) mass is 262 g/mol. The maximum absolute atomic E-state index is 12.0. The van der Waals surface area contributed by atoms with Crippen LogP contribution in [-0.2, 0) is 0 Å². The molecule has 19 heavy (non-hydrogen) atoms. The zero-order valence-corrected chi connectivity index (χ0v) is 10.9. The van der Waals surface area contributed by atoms with Crippen molar-refractivity contribution in [1.82, 2.24) is 15.2 Å². The summed E-state index contributed by atoms with van der Waals surface area (Å²) in [5.41, 5.74) is 0.402. The highest BCUT2D eigenvalue weighted by molar-refractivity contribution is 6.03. The number of hydrogen-bond acceptors (Lipinski definition) is 5. The molecule has 1 amide bonds. The van der Waals surface area contributed by atoms with E-state index in [9.17, 15) is 4.79 Å². The van der Waals surface area contributed by atoms with E-state index >= 15 is 0 Å². The van der Waals surface area contributed by atoms with Crippen LogP contribution in [0, 0.1) is 6.92 Å². The lowest BCUT2D eigenvalue weighted by Gasteiger charge is -2.07. The van der Waals surface area contributed by atoms with Gasteiger partial charge in [0.15, 0.2) is 0 Å². The molecule has 1 aromatic carbocycles. The Balaban J connectivity index is 2.22. The lowest BCUT2D eigenvalue weighted by molar-refractivity contribution is 0.102. The molecule has 0 saturated carbocycles. The van der Waals surface area contributed by atoms with E-state index in [2.05, 4.69) is 20.5 Å². The molecule has 2 aromatic rings. The normalized spacial score (nSPS) is 10.1. The van der Waals surface area contributed by atoms with Crippen LogP contribution in [0.2, 0.25) is 0 Å². The molecule has 0 spiro atoms. The van der Waals surface area contributed by atoms with E-state index in [1.165, 1.54) is 14.2 Å². The second-order valence-corrected chi connectivity index (χ2v) is 3.80. The standard InChI is InChI=1S/C12H14N4O3/c1-7-13-12(16-15-7)14-11(17)8-4-9(18-2)6-10(5-8)19-3/h4-6H,1-3H3,(H2,13,14,15,16,17). The first-order valence-electron chi connectivity index (χ1n) is 5.56. The predicted molar refractivity (Wildman–Crippen MR) is 68.6 cm³/mol. The number of rotatable bonds is 4. The minimum Gasteiger partial charge on any atom is -0.497 e. The van der Waals surface area contributed by atoms with Crippen molar-refractivity contribution in [2.24, 2.45) is 0 Å². The van der Waals surface area contributed by atoms with Crippen molar-refractivity contribution < 1.29 is 14.3 Å². The molecule has 0 aliphatic heterocycles. The van der Waals surface area contributed by atoms with Gasteiger partial charge in [0.05, 0.1) is 14.2 Å². The van der Waals surface area contributed by atoms with Crippen molar-refractivity contribution in [3.8, 4) is 11.5 Å². The van der Waals surface area contributed by atoms with Gasteiger partial charge in [-0.1, -0.05) is 0 Å². The molecule has 0 radical (unpaired) electrons. The molecule has 0 fully saturated rings. The van der Waals surface area contributed by atoms with E-state index in [0.29, 0.717) is 22.9 Å². The molecule has 0 unspecified atom stereocenters. The summed E-state index contributed by atoms with van der Waals surface area (Å²) in [6.07, 6.45) is 0. The number of nitrogens with one attached hydrogen (secondary N) is 2. The Kier molecular flexibility index (Phi) is 3.65. The number of hydrogen-bond donors (Lipinski definition) is 2. The Morgan fingerprint density at radius 1 is 1.21 bits per heavy atom. The van der Waals surface area contributed by atoms with Crippen LogP contribution in [0.5, 0.6) is 11.5 Å². The van der Waals surface area contributed by atoms with Gasteiger partial charge in [0, 0.05) is 11.6 Å². The summed E-state index contributed by atoms with van der Waals surface area (Å²) in [5, 5.41) is 9.06.